The summed E-state index contributed by atoms with van der Waals surface area (Å²) in [4.78, 5) is 16.5. The summed E-state index contributed by atoms with van der Waals surface area (Å²) < 4.78 is 0. The summed E-state index contributed by atoms with van der Waals surface area (Å²) in [6.45, 7) is 15.1. The summed E-state index contributed by atoms with van der Waals surface area (Å²) in [6.07, 6.45) is 6.93. The van der Waals surface area contributed by atoms with Gasteiger partial charge in [-0.25, -0.2) is 0 Å². The van der Waals surface area contributed by atoms with Gasteiger partial charge in [-0.1, -0.05) is 52.9 Å². The Morgan fingerprint density at radius 3 is 2.25 bits per heavy atom. The highest BCUT2D eigenvalue weighted by Crippen LogP contribution is 2.52. The molecule has 28 heavy (non-hydrogen) atoms. The van der Waals surface area contributed by atoms with Crippen molar-refractivity contribution in [1.82, 2.24) is 20.9 Å². The van der Waals surface area contributed by atoms with Crippen LogP contribution in [0.15, 0.2) is 0 Å². The summed E-state index contributed by atoms with van der Waals surface area (Å²) in [5.41, 5.74) is -0.341. The molecule has 0 bridgehead atoms. The molecule has 0 radical (unpaired) electrons. The molecule has 3 aliphatic heterocycles. The Morgan fingerprint density at radius 1 is 0.964 bits per heavy atom. The predicted molar refractivity (Wildman–Crippen MR) is 114 cm³/mol. The Labute approximate surface area is 171 Å². The van der Waals surface area contributed by atoms with Crippen LogP contribution in [0.4, 0.5) is 0 Å². The molecule has 4 rings (SSSR count). The Balaban J connectivity index is 1.78. The van der Waals surface area contributed by atoms with Crippen LogP contribution in [-0.4, -0.2) is 53.7 Å². The van der Waals surface area contributed by atoms with Crippen molar-refractivity contribution < 1.29 is 4.79 Å². The average molecular weight is 391 g/mol. The van der Waals surface area contributed by atoms with E-state index >= 15 is 0 Å². The Morgan fingerprint density at radius 2 is 1.64 bits per heavy atom. The highest BCUT2D eigenvalue weighted by Gasteiger charge is 2.63. The molecular formula is C23H42N4O. The highest BCUT2D eigenvalue weighted by molar-refractivity contribution is 5.89. The first-order chi connectivity index (χ1) is 13.1. The molecule has 6 unspecified atom stereocenters. The first-order valence-corrected chi connectivity index (χ1v) is 11.6. The lowest BCUT2D eigenvalue weighted by molar-refractivity contribution is -0.136. The quantitative estimate of drug-likeness (QED) is 0.677. The number of rotatable bonds is 2. The minimum Gasteiger partial charge on any atom is -0.303 e. The van der Waals surface area contributed by atoms with E-state index < -0.39 is 0 Å². The molecular weight excluding hydrogens is 348 g/mol. The van der Waals surface area contributed by atoms with E-state index in [0.29, 0.717) is 41.8 Å². The number of fused-ring (bicyclic) bond motifs is 3. The average Bonchev–Trinajstić information content (AvgIpc) is 3.14. The molecule has 160 valence electrons. The first kappa shape index (κ1) is 20.8. The first-order valence-electron chi connectivity index (χ1n) is 11.6. The third-order valence-corrected chi connectivity index (χ3v) is 7.81. The van der Waals surface area contributed by atoms with Crippen molar-refractivity contribution in [3.8, 4) is 0 Å². The van der Waals surface area contributed by atoms with Crippen molar-refractivity contribution in [2.24, 2.45) is 23.2 Å². The summed E-state index contributed by atoms with van der Waals surface area (Å²) in [6, 6.07) is 0.967. The molecule has 3 saturated heterocycles. The van der Waals surface area contributed by atoms with Gasteiger partial charge in [-0.3, -0.25) is 20.3 Å². The molecule has 4 fully saturated rings. The van der Waals surface area contributed by atoms with E-state index in [0.717, 1.165) is 13.2 Å². The molecule has 5 heteroatoms. The maximum absolute atomic E-state index is 13.9. The predicted octanol–water partition coefficient (Wildman–Crippen LogP) is 2.71. The maximum atomic E-state index is 13.9. The molecule has 1 aliphatic carbocycles. The second-order valence-corrected chi connectivity index (χ2v) is 11.8. The molecule has 0 spiro atoms. The van der Waals surface area contributed by atoms with E-state index in [1.165, 1.54) is 32.1 Å². The van der Waals surface area contributed by atoms with Crippen molar-refractivity contribution in [3.63, 3.8) is 0 Å². The molecule has 5 nitrogen and oxygen atoms in total. The minimum atomic E-state index is -0.305. The summed E-state index contributed by atoms with van der Waals surface area (Å²) in [5.74, 6) is 2.11. The van der Waals surface area contributed by atoms with Crippen LogP contribution < -0.4 is 16.0 Å². The summed E-state index contributed by atoms with van der Waals surface area (Å²) >= 11 is 0. The lowest BCUT2D eigenvalue weighted by Crippen LogP contribution is -2.62. The van der Waals surface area contributed by atoms with Crippen LogP contribution in [0.1, 0.15) is 73.6 Å². The van der Waals surface area contributed by atoms with E-state index in [4.69, 9.17) is 0 Å². The van der Waals surface area contributed by atoms with Gasteiger partial charge in [0.1, 0.15) is 0 Å². The van der Waals surface area contributed by atoms with Crippen molar-refractivity contribution in [1.29, 1.82) is 0 Å². The van der Waals surface area contributed by atoms with Crippen molar-refractivity contribution in [3.05, 3.63) is 0 Å². The zero-order chi connectivity index (χ0) is 20.3. The fraction of sp³-hybridized carbons (Fsp3) is 0.957. The van der Waals surface area contributed by atoms with Gasteiger partial charge in [-0.2, -0.15) is 0 Å². The van der Waals surface area contributed by atoms with Gasteiger partial charge < -0.3 is 5.32 Å². The SMILES string of the molecule is CC(C)(C)C(=O)C1C(C2CCCCC2)C2C3NCNCC3NC2N1C(C)(C)C. The number of Topliss-reactive ketones (excluding diaryl/α,β-unsaturated/α-hetero) is 1. The van der Waals surface area contributed by atoms with Gasteiger partial charge in [0.05, 0.1) is 12.2 Å². The van der Waals surface area contributed by atoms with E-state index in [1.54, 1.807) is 0 Å². The number of ketones is 1. The van der Waals surface area contributed by atoms with E-state index in [9.17, 15) is 4.79 Å². The Bertz CT molecular complexity index is 586. The topological polar surface area (TPSA) is 56.4 Å². The Hall–Kier alpha value is -0.490. The van der Waals surface area contributed by atoms with Crippen LogP contribution in [0.3, 0.4) is 0 Å². The van der Waals surface area contributed by atoms with Crippen LogP contribution in [0, 0.1) is 23.2 Å². The molecule has 0 aromatic heterocycles. The number of nitrogens with one attached hydrogen (secondary N) is 3. The van der Waals surface area contributed by atoms with Crippen LogP contribution >= 0.6 is 0 Å². The van der Waals surface area contributed by atoms with Crippen LogP contribution in [0.2, 0.25) is 0 Å². The van der Waals surface area contributed by atoms with Crippen LogP contribution in [0.25, 0.3) is 0 Å². The molecule has 1 saturated carbocycles. The van der Waals surface area contributed by atoms with Gasteiger partial charge in [0.2, 0.25) is 0 Å². The molecule has 3 heterocycles. The molecule has 0 aromatic carbocycles. The van der Waals surface area contributed by atoms with Gasteiger partial charge in [0, 0.05) is 42.2 Å². The number of hydrogen-bond acceptors (Lipinski definition) is 5. The third-order valence-electron chi connectivity index (χ3n) is 7.81. The molecule has 0 amide bonds. The number of likely N-dealkylation sites (tertiary alicyclic amines) is 1. The molecule has 6 atom stereocenters. The van der Waals surface area contributed by atoms with E-state index in [-0.39, 0.29) is 17.0 Å². The molecule has 4 aliphatic rings. The number of carbonyl (C=O) groups is 1. The van der Waals surface area contributed by atoms with Crippen LogP contribution in [-0.2, 0) is 4.79 Å². The monoisotopic (exact) mass is 390 g/mol. The number of carbonyl (C=O) groups excluding carboxylic acids is 1. The van der Waals surface area contributed by atoms with Crippen molar-refractivity contribution in [2.75, 3.05) is 13.2 Å². The van der Waals surface area contributed by atoms with Gasteiger partial charge in [0.15, 0.2) is 5.78 Å². The number of nitrogens with zero attached hydrogens (tertiary/aromatic N) is 1. The molecule has 3 N–H and O–H groups in total. The maximum Gasteiger partial charge on any atom is 0.155 e. The van der Waals surface area contributed by atoms with Crippen molar-refractivity contribution >= 4 is 5.78 Å². The lowest BCUT2D eigenvalue weighted by Gasteiger charge is -2.45. The van der Waals surface area contributed by atoms with Crippen molar-refractivity contribution in [2.45, 2.75) is 103 Å². The Kier molecular flexibility index (Phi) is 5.44. The second-order valence-electron chi connectivity index (χ2n) is 11.8. The minimum absolute atomic E-state index is 0.0308. The smallest absolute Gasteiger partial charge is 0.155 e. The normalized spacial score (nSPS) is 40.4. The second kappa shape index (κ2) is 7.33. The summed E-state index contributed by atoms with van der Waals surface area (Å²) in [7, 11) is 0. The fourth-order valence-corrected chi connectivity index (χ4v) is 6.74. The zero-order valence-electron chi connectivity index (χ0n) is 18.8. The summed E-state index contributed by atoms with van der Waals surface area (Å²) in [5, 5.41) is 11.2. The van der Waals surface area contributed by atoms with Crippen LogP contribution in [0.5, 0.6) is 0 Å². The third kappa shape index (κ3) is 3.46. The largest absolute Gasteiger partial charge is 0.303 e. The number of hydrogen-bond donors (Lipinski definition) is 3. The zero-order valence-corrected chi connectivity index (χ0v) is 18.8. The van der Waals surface area contributed by atoms with E-state index in [2.05, 4.69) is 62.4 Å². The standard InChI is InChI=1S/C23H42N4O/c1-22(2,3)20(28)19-16(14-10-8-7-9-11-14)17-18-15(12-24-13-25-18)26-21(17)27(19)23(4,5)6/h14-19,21,24-26H,7-13H2,1-6H3. The van der Waals surface area contributed by atoms with E-state index in [1.807, 2.05) is 0 Å². The highest BCUT2D eigenvalue weighted by atomic mass is 16.1. The lowest BCUT2D eigenvalue weighted by atomic mass is 9.67. The van der Waals surface area contributed by atoms with Gasteiger partial charge in [0.25, 0.3) is 0 Å². The van der Waals surface area contributed by atoms with Gasteiger partial charge in [-0.15, -0.1) is 0 Å². The van der Waals surface area contributed by atoms with Gasteiger partial charge in [-0.05, 0) is 32.6 Å². The van der Waals surface area contributed by atoms with Gasteiger partial charge >= 0.3 is 0 Å². The molecule has 0 aromatic rings. The fourth-order valence-electron chi connectivity index (χ4n) is 6.74.